The first kappa shape index (κ1) is 12.9. The minimum atomic E-state index is -0.268. The van der Waals surface area contributed by atoms with Crippen molar-refractivity contribution in [2.45, 2.75) is 13.8 Å². The van der Waals surface area contributed by atoms with Crippen LogP contribution in [0.3, 0.4) is 0 Å². The van der Waals surface area contributed by atoms with E-state index in [1.165, 1.54) is 6.26 Å². The minimum Gasteiger partial charge on any atom is -0.469 e. The van der Waals surface area contributed by atoms with E-state index in [2.05, 4.69) is 10.5 Å². The van der Waals surface area contributed by atoms with Crippen molar-refractivity contribution in [2.75, 3.05) is 5.32 Å². The van der Waals surface area contributed by atoms with Gasteiger partial charge >= 0.3 is 0 Å². The van der Waals surface area contributed by atoms with Gasteiger partial charge in [0.15, 0.2) is 0 Å². The highest BCUT2D eigenvalue weighted by Gasteiger charge is 2.12. The van der Waals surface area contributed by atoms with Crippen LogP contribution in [0.4, 0.5) is 5.69 Å². The number of anilines is 1. The van der Waals surface area contributed by atoms with Crippen molar-refractivity contribution >= 4 is 17.3 Å². The number of nitrogens with zero attached hydrogens (tertiary/aromatic N) is 1. The lowest BCUT2D eigenvalue weighted by molar-refractivity contribution is 0.102. The predicted octanol–water partition coefficient (Wildman–Crippen LogP) is 3.04. The third-order valence-electron chi connectivity index (χ3n) is 2.71. The summed E-state index contributed by atoms with van der Waals surface area (Å²) in [6.45, 7) is 3.43. The standard InChI is InChI=1S/C14H14N2O3/c1-9-7-11(8-19-9)14(17)15-13-6-4-3-5-12(13)10(2)16-18/h3-8,18H,1-2H3,(H,15,17)/b16-10-. The zero-order chi connectivity index (χ0) is 13.8. The molecule has 98 valence electrons. The molecule has 2 rings (SSSR count). The number of para-hydroxylation sites is 1. The molecule has 0 aliphatic heterocycles. The number of carbonyl (C=O) groups excluding carboxylic acids is 1. The van der Waals surface area contributed by atoms with Gasteiger partial charge in [0.25, 0.3) is 5.91 Å². The number of amides is 1. The second-order valence-corrected chi connectivity index (χ2v) is 4.13. The molecule has 1 aromatic carbocycles. The molecule has 2 N–H and O–H groups in total. The van der Waals surface area contributed by atoms with Crippen LogP contribution in [-0.2, 0) is 0 Å². The molecule has 0 radical (unpaired) electrons. The molecule has 0 saturated carbocycles. The molecule has 5 heteroatoms. The Morgan fingerprint density at radius 2 is 2.11 bits per heavy atom. The number of oxime groups is 1. The van der Waals surface area contributed by atoms with Crippen LogP contribution >= 0.6 is 0 Å². The van der Waals surface area contributed by atoms with Gasteiger partial charge in [0.1, 0.15) is 12.0 Å². The van der Waals surface area contributed by atoms with Crippen molar-refractivity contribution in [3.63, 3.8) is 0 Å². The maximum absolute atomic E-state index is 12.0. The predicted molar refractivity (Wildman–Crippen MR) is 71.8 cm³/mol. The fourth-order valence-corrected chi connectivity index (χ4v) is 1.72. The van der Waals surface area contributed by atoms with Crippen LogP contribution in [0.25, 0.3) is 0 Å². The molecular weight excluding hydrogens is 244 g/mol. The molecule has 2 aromatic rings. The van der Waals surface area contributed by atoms with Gasteiger partial charge in [-0.25, -0.2) is 0 Å². The van der Waals surface area contributed by atoms with Gasteiger partial charge in [0.05, 0.1) is 17.0 Å². The minimum absolute atomic E-state index is 0.268. The molecule has 0 saturated heterocycles. The molecule has 19 heavy (non-hydrogen) atoms. The Bertz CT molecular complexity index is 629. The van der Waals surface area contributed by atoms with Crippen molar-refractivity contribution in [1.29, 1.82) is 0 Å². The van der Waals surface area contributed by atoms with Crippen LogP contribution in [0, 0.1) is 6.92 Å². The number of hydrogen-bond donors (Lipinski definition) is 2. The van der Waals surface area contributed by atoms with Crippen molar-refractivity contribution in [3.05, 3.63) is 53.5 Å². The third kappa shape index (κ3) is 2.82. The SMILES string of the molecule is C/C(=N/O)c1ccccc1NC(=O)c1coc(C)c1. The summed E-state index contributed by atoms with van der Waals surface area (Å²) < 4.78 is 5.10. The maximum atomic E-state index is 12.0. The second kappa shape index (κ2) is 5.39. The van der Waals surface area contributed by atoms with Gasteiger partial charge in [-0.1, -0.05) is 23.4 Å². The van der Waals surface area contributed by atoms with Gasteiger partial charge in [-0.05, 0) is 26.0 Å². The van der Waals surface area contributed by atoms with E-state index >= 15 is 0 Å². The zero-order valence-electron chi connectivity index (χ0n) is 10.7. The number of hydrogen-bond acceptors (Lipinski definition) is 4. The summed E-state index contributed by atoms with van der Waals surface area (Å²) in [7, 11) is 0. The van der Waals surface area contributed by atoms with E-state index in [-0.39, 0.29) is 5.91 Å². The smallest absolute Gasteiger partial charge is 0.258 e. The highest BCUT2D eigenvalue weighted by molar-refractivity contribution is 6.10. The number of furan rings is 1. The van der Waals surface area contributed by atoms with Crippen LogP contribution in [0.1, 0.15) is 28.6 Å². The molecule has 0 unspecified atom stereocenters. The molecule has 0 atom stereocenters. The summed E-state index contributed by atoms with van der Waals surface area (Å²) in [4.78, 5) is 12.0. The molecule has 5 nitrogen and oxygen atoms in total. The van der Waals surface area contributed by atoms with Crippen molar-refractivity contribution in [1.82, 2.24) is 0 Å². The normalized spacial score (nSPS) is 11.4. The largest absolute Gasteiger partial charge is 0.469 e. The van der Waals surface area contributed by atoms with E-state index in [9.17, 15) is 4.79 Å². The van der Waals surface area contributed by atoms with Gasteiger partial charge < -0.3 is 14.9 Å². The first-order valence-corrected chi connectivity index (χ1v) is 5.76. The molecule has 0 aliphatic carbocycles. The molecule has 1 amide bonds. The first-order chi connectivity index (χ1) is 9.11. The fourth-order valence-electron chi connectivity index (χ4n) is 1.72. The number of aryl methyl sites for hydroxylation is 1. The number of benzene rings is 1. The lowest BCUT2D eigenvalue weighted by atomic mass is 10.1. The van der Waals surface area contributed by atoms with Crippen molar-refractivity contribution in [3.8, 4) is 0 Å². The third-order valence-corrected chi connectivity index (χ3v) is 2.71. The molecule has 0 spiro atoms. The summed E-state index contributed by atoms with van der Waals surface area (Å²) in [6, 6.07) is 8.77. The summed E-state index contributed by atoms with van der Waals surface area (Å²) in [5.74, 6) is 0.404. The van der Waals surface area contributed by atoms with Gasteiger partial charge in [-0.15, -0.1) is 0 Å². The number of nitrogens with one attached hydrogen (secondary N) is 1. The lowest BCUT2D eigenvalue weighted by Gasteiger charge is -2.09. The Morgan fingerprint density at radius 3 is 2.74 bits per heavy atom. The van der Waals surface area contributed by atoms with Crippen LogP contribution in [0.5, 0.6) is 0 Å². The van der Waals surface area contributed by atoms with E-state index in [0.717, 1.165) is 0 Å². The van der Waals surface area contributed by atoms with Crippen LogP contribution in [0.2, 0.25) is 0 Å². The van der Waals surface area contributed by atoms with Crippen LogP contribution in [0.15, 0.2) is 46.2 Å². The maximum Gasteiger partial charge on any atom is 0.258 e. The average Bonchev–Trinajstić information content (AvgIpc) is 2.85. The number of carbonyl (C=O) groups is 1. The van der Waals surface area contributed by atoms with E-state index < -0.39 is 0 Å². The molecule has 0 aliphatic rings. The Hall–Kier alpha value is -2.56. The van der Waals surface area contributed by atoms with Crippen LogP contribution in [-0.4, -0.2) is 16.8 Å². The summed E-state index contributed by atoms with van der Waals surface area (Å²) in [5, 5.41) is 14.7. The monoisotopic (exact) mass is 258 g/mol. The Morgan fingerprint density at radius 1 is 1.37 bits per heavy atom. The second-order valence-electron chi connectivity index (χ2n) is 4.13. The van der Waals surface area contributed by atoms with Gasteiger partial charge in [0.2, 0.25) is 0 Å². The van der Waals surface area contributed by atoms with Gasteiger partial charge in [-0.3, -0.25) is 4.79 Å². The summed E-state index contributed by atoms with van der Waals surface area (Å²) in [5.41, 5.74) is 2.13. The van der Waals surface area contributed by atoms with Crippen molar-refractivity contribution in [2.24, 2.45) is 5.16 Å². The van der Waals surface area contributed by atoms with E-state index in [0.29, 0.717) is 28.3 Å². The van der Waals surface area contributed by atoms with Crippen molar-refractivity contribution < 1.29 is 14.4 Å². The lowest BCUT2D eigenvalue weighted by Crippen LogP contribution is -2.13. The fraction of sp³-hybridized carbons (Fsp3) is 0.143. The zero-order valence-corrected chi connectivity index (χ0v) is 10.7. The van der Waals surface area contributed by atoms with E-state index in [1.54, 1.807) is 38.1 Å². The highest BCUT2D eigenvalue weighted by Crippen LogP contribution is 2.17. The molecular formula is C14H14N2O3. The topological polar surface area (TPSA) is 74.8 Å². The summed E-state index contributed by atoms with van der Waals surface area (Å²) in [6.07, 6.45) is 1.40. The quantitative estimate of drug-likeness (QED) is 0.504. The molecule has 0 bridgehead atoms. The Balaban J connectivity index is 2.27. The van der Waals surface area contributed by atoms with Gasteiger partial charge in [0, 0.05) is 5.56 Å². The highest BCUT2D eigenvalue weighted by atomic mass is 16.4. The molecule has 0 fully saturated rings. The Kier molecular flexibility index (Phi) is 3.66. The van der Waals surface area contributed by atoms with Gasteiger partial charge in [-0.2, -0.15) is 0 Å². The number of rotatable bonds is 3. The van der Waals surface area contributed by atoms with Crippen LogP contribution < -0.4 is 5.32 Å². The Labute approximate surface area is 110 Å². The van der Waals surface area contributed by atoms with E-state index in [1.807, 2.05) is 6.07 Å². The first-order valence-electron chi connectivity index (χ1n) is 5.76. The average molecular weight is 258 g/mol. The molecule has 1 aromatic heterocycles. The van der Waals surface area contributed by atoms with E-state index in [4.69, 9.17) is 9.62 Å². The molecule has 1 heterocycles. The summed E-state index contributed by atoms with van der Waals surface area (Å²) >= 11 is 0.